The SMILES string of the molecule is C=C(C(=O)OCC(COC(=O)C(=C)c1cccc(-c2ccccc2)c1C#N)(COC(=O)C(C#N)=C(c1ccccc1)c1ccccc1)COC(=O)C(C#N)=C(c1ccccc1)c1ccccc1)c1cccc(-c2ccccc2)c1C#N. The maximum Gasteiger partial charge on any atom is 0.349 e. The van der Waals surface area contributed by atoms with Gasteiger partial charge in [-0.15, -0.1) is 0 Å². The smallest absolute Gasteiger partial charge is 0.349 e. The van der Waals surface area contributed by atoms with Crippen LogP contribution < -0.4 is 0 Å². The van der Waals surface area contributed by atoms with Crippen molar-refractivity contribution < 1.29 is 38.1 Å². The van der Waals surface area contributed by atoms with Crippen LogP contribution in [0.3, 0.4) is 0 Å². The van der Waals surface area contributed by atoms with Crippen LogP contribution in [-0.2, 0) is 38.1 Å². The maximum absolute atomic E-state index is 14.6. The Kier molecular flexibility index (Phi) is 18.3. The number of hydrogen-bond donors (Lipinski definition) is 0. The molecule has 0 saturated carbocycles. The molecule has 8 aromatic carbocycles. The first-order valence-corrected chi connectivity index (χ1v) is 25.3. The first-order chi connectivity index (χ1) is 39.5. The van der Waals surface area contributed by atoms with Gasteiger partial charge in [-0.05, 0) is 33.4 Å². The predicted octanol–water partition coefficient (Wildman–Crippen LogP) is 12.7. The number of benzene rings is 8. The highest BCUT2D eigenvalue weighted by atomic mass is 16.6. The molecule has 8 aromatic rings. The van der Waals surface area contributed by atoms with Gasteiger partial charge in [-0.3, -0.25) is 0 Å². The highest BCUT2D eigenvalue weighted by Crippen LogP contribution is 2.35. The van der Waals surface area contributed by atoms with E-state index in [1.807, 2.05) is 24.3 Å². The van der Waals surface area contributed by atoms with Crippen LogP contribution in [0.2, 0.25) is 0 Å². The molecule has 81 heavy (non-hydrogen) atoms. The fourth-order valence-electron chi connectivity index (χ4n) is 8.97. The van der Waals surface area contributed by atoms with Crippen LogP contribution in [0, 0.1) is 50.7 Å². The molecule has 0 radical (unpaired) electrons. The molecule has 12 heteroatoms. The minimum Gasteiger partial charge on any atom is -0.461 e. The van der Waals surface area contributed by atoms with Gasteiger partial charge < -0.3 is 18.9 Å². The maximum atomic E-state index is 14.6. The summed E-state index contributed by atoms with van der Waals surface area (Å²) in [4.78, 5) is 58.2. The third kappa shape index (κ3) is 13.1. The second kappa shape index (κ2) is 26.6. The van der Waals surface area contributed by atoms with Gasteiger partial charge in [0.2, 0.25) is 0 Å². The van der Waals surface area contributed by atoms with E-state index in [2.05, 4.69) is 25.3 Å². The number of rotatable bonds is 20. The summed E-state index contributed by atoms with van der Waals surface area (Å²) >= 11 is 0. The lowest BCUT2D eigenvalue weighted by Gasteiger charge is -2.32. The number of carbonyl (C=O) groups is 4. The van der Waals surface area contributed by atoms with E-state index >= 15 is 0 Å². The highest BCUT2D eigenvalue weighted by molar-refractivity contribution is 6.17. The van der Waals surface area contributed by atoms with E-state index in [0.29, 0.717) is 44.5 Å². The van der Waals surface area contributed by atoms with Gasteiger partial charge in [0, 0.05) is 33.4 Å². The molecule has 0 spiro atoms. The zero-order chi connectivity index (χ0) is 57.1. The summed E-state index contributed by atoms with van der Waals surface area (Å²) in [6.07, 6.45) is 0. The van der Waals surface area contributed by atoms with E-state index in [-0.39, 0.29) is 44.5 Å². The quantitative estimate of drug-likeness (QED) is 0.0303. The first-order valence-electron chi connectivity index (χ1n) is 25.3. The van der Waals surface area contributed by atoms with Gasteiger partial charge in [-0.1, -0.05) is 232 Å². The summed E-state index contributed by atoms with van der Waals surface area (Å²) in [7, 11) is 0. The van der Waals surface area contributed by atoms with Gasteiger partial charge in [0.15, 0.2) is 0 Å². The van der Waals surface area contributed by atoms with Gasteiger partial charge >= 0.3 is 23.9 Å². The second-order valence-corrected chi connectivity index (χ2v) is 18.4. The number of ether oxygens (including phenoxy) is 4. The zero-order valence-corrected chi connectivity index (χ0v) is 43.6. The van der Waals surface area contributed by atoms with E-state index in [9.17, 15) is 40.2 Å². The van der Waals surface area contributed by atoms with Crippen molar-refractivity contribution in [3.05, 3.63) is 287 Å². The third-order valence-corrected chi connectivity index (χ3v) is 13.1. The normalized spacial score (nSPS) is 10.4. The van der Waals surface area contributed by atoms with Crippen molar-refractivity contribution in [2.45, 2.75) is 0 Å². The molecule has 0 aliphatic carbocycles. The molecule has 0 atom stereocenters. The largest absolute Gasteiger partial charge is 0.461 e. The fourth-order valence-corrected chi connectivity index (χ4v) is 8.97. The van der Waals surface area contributed by atoms with Crippen molar-refractivity contribution in [3.63, 3.8) is 0 Å². The molecule has 0 saturated heterocycles. The van der Waals surface area contributed by atoms with E-state index < -0.39 is 66.9 Å². The topological polar surface area (TPSA) is 200 Å². The minimum absolute atomic E-state index is 0.118. The molecule has 12 nitrogen and oxygen atoms in total. The molecule has 0 N–H and O–H groups in total. The lowest BCUT2D eigenvalue weighted by atomic mass is 9.90. The second-order valence-electron chi connectivity index (χ2n) is 18.4. The summed E-state index contributed by atoms with van der Waals surface area (Å²) in [5.74, 6) is -4.43. The molecular formula is C69H48N4O8. The predicted molar refractivity (Wildman–Crippen MR) is 307 cm³/mol. The van der Waals surface area contributed by atoms with Crippen molar-refractivity contribution in [1.29, 1.82) is 21.0 Å². The number of hydrogen-bond acceptors (Lipinski definition) is 12. The molecule has 0 aliphatic rings. The summed E-state index contributed by atoms with van der Waals surface area (Å²) in [6, 6.07) is 71.0. The van der Waals surface area contributed by atoms with Crippen LogP contribution in [0.5, 0.6) is 0 Å². The molecule has 392 valence electrons. The molecule has 0 unspecified atom stereocenters. The van der Waals surface area contributed by atoms with Crippen molar-refractivity contribution >= 4 is 46.2 Å². The zero-order valence-electron chi connectivity index (χ0n) is 43.6. The fraction of sp³-hybridized carbons (Fsp3) is 0.0725. The van der Waals surface area contributed by atoms with Crippen molar-refractivity contribution in [2.75, 3.05) is 26.4 Å². The van der Waals surface area contributed by atoms with Gasteiger partial charge in [0.25, 0.3) is 0 Å². The summed E-state index contributed by atoms with van der Waals surface area (Å²) in [6.45, 7) is 4.61. The molecule has 0 fully saturated rings. The number of carbonyl (C=O) groups excluding carboxylic acids is 4. The van der Waals surface area contributed by atoms with Gasteiger partial charge in [0.1, 0.15) is 67.3 Å². The van der Waals surface area contributed by atoms with Gasteiger partial charge in [-0.25, -0.2) is 19.2 Å². The van der Waals surface area contributed by atoms with E-state index in [4.69, 9.17) is 18.9 Å². The minimum atomic E-state index is -2.06. The van der Waals surface area contributed by atoms with E-state index in [1.165, 1.54) is 12.1 Å². The molecule has 0 aromatic heterocycles. The molecule has 0 amide bonds. The first kappa shape index (κ1) is 55.8. The number of esters is 4. The van der Waals surface area contributed by atoms with Crippen LogP contribution in [-0.4, -0.2) is 50.3 Å². The Labute approximate surface area is 468 Å². The van der Waals surface area contributed by atoms with Crippen LogP contribution in [0.4, 0.5) is 0 Å². The average Bonchev–Trinajstić information content (AvgIpc) is 3.53. The average molecular weight is 1060 g/mol. The van der Waals surface area contributed by atoms with Crippen molar-refractivity contribution in [3.8, 4) is 46.5 Å². The Hall–Kier alpha value is -11.4. The standard InChI is InChI=1S/C69H48N4O8/c1-47(55-35-21-37-57(59(55)39-70)49-23-9-3-10-24-49)65(74)78-43-69(44-79-66(75)48(2)56-36-22-38-58(60(56)40-71)50-25-11-4-12-26-50,45-80-67(76)61(41-72)63(51-27-13-5-14-28-51)52-29-15-6-16-30-52)46-81-68(77)62(42-73)64(53-31-17-7-18-32-53)54-33-19-8-20-34-54/h3-38H,1-2,43-46H2. The van der Waals surface area contributed by atoms with E-state index in [0.717, 1.165) is 0 Å². The van der Waals surface area contributed by atoms with Crippen LogP contribution in [0.1, 0.15) is 44.5 Å². The molecule has 0 heterocycles. The van der Waals surface area contributed by atoms with Crippen molar-refractivity contribution in [1.82, 2.24) is 0 Å². The lowest BCUT2D eigenvalue weighted by Crippen LogP contribution is -2.44. The molecule has 8 rings (SSSR count). The molecular weight excluding hydrogens is 1010 g/mol. The summed E-state index contributed by atoms with van der Waals surface area (Å²) < 4.78 is 24.1. The lowest BCUT2D eigenvalue weighted by molar-refractivity contribution is -0.164. The number of nitrogens with zero attached hydrogens (tertiary/aromatic N) is 4. The Balaban J connectivity index is 1.22. The Morgan fingerprint density at radius 1 is 0.358 bits per heavy atom. The number of nitriles is 4. The van der Waals surface area contributed by atoms with Crippen LogP contribution in [0.15, 0.2) is 243 Å². The summed E-state index contributed by atoms with van der Waals surface area (Å²) in [5, 5.41) is 42.5. The van der Waals surface area contributed by atoms with E-state index in [1.54, 1.807) is 194 Å². The van der Waals surface area contributed by atoms with Crippen LogP contribution >= 0.6 is 0 Å². The highest BCUT2D eigenvalue weighted by Gasteiger charge is 2.40. The Morgan fingerprint density at radius 2 is 0.630 bits per heavy atom. The Bertz CT molecular complexity index is 3570. The summed E-state index contributed by atoms with van der Waals surface area (Å²) in [5.41, 5.74) is 1.94. The van der Waals surface area contributed by atoms with Crippen molar-refractivity contribution in [2.24, 2.45) is 5.41 Å². The van der Waals surface area contributed by atoms with Crippen LogP contribution in [0.25, 0.3) is 44.5 Å². The monoisotopic (exact) mass is 1060 g/mol. The molecule has 0 bridgehead atoms. The van der Waals surface area contributed by atoms with Gasteiger partial charge in [0.05, 0.1) is 22.3 Å². The third-order valence-electron chi connectivity index (χ3n) is 13.1. The molecule has 0 aliphatic heterocycles. The Morgan fingerprint density at radius 3 is 0.901 bits per heavy atom. The van der Waals surface area contributed by atoms with Gasteiger partial charge in [-0.2, -0.15) is 21.0 Å².